The van der Waals surface area contributed by atoms with Gasteiger partial charge in [-0.15, -0.1) is 11.6 Å². The first kappa shape index (κ1) is 7.88. The molecule has 0 bridgehead atoms. The second-order valence-corrected chi connectivity index (χ2v) is 4.37. The molecule has 0 aromatic heterocycles. The van der Waals surface area contributed by atoms with Gasteiger partial charge >= 0.3 is 0 Å². The van der Waals surface area contributed by atoms with E-state index in [0.29, 0.717) is 5.38 Å². The van der Waals surface area contributed by atoms with E-state index < -0.39 is 0 Å². The normalized spacial score (nSPS) is 45.0. The van der Waals surface area contributed by atoms with Crippen molar-refractivity contribution in [2.24, 2.45) is 5.92 Å². The topological polar surface area (TPSA) is 12.0 Å². The molecule has 1 saturated heterocycles. The third kappa shape index (κ3) is 1.54. The Morgan fingerprint density at radius 2 is 1.91 bits per heavy atom. The summed E-state index contributed by atoms with van der Waals surface area (Å²) in [5.41, 5.74) is 0. The van der Waals surface area contributed by atoms with Gasteiger partial charge in [0, 0.05) is 11.4 Å². The van der Waals surface area contributed by atoms with Gasteiger partial charge in [-0.05, 0) is 31.7 Å². The van der Waals surface area contributed by atoms with Crippen LogP contribution in [0.3, 0.4) is 0 Å². The molecule has 2 heteroatoms. The standard InChI is InChI=1S/C9H16ClN/c10-8-5-6-11-9-4-2-1-3-7(8)9/h7-9,11H,1-6H2/t7-,8+,9+/m0/s1. The molecule has 1 aliphatic carbocycles. The highest BCUT2D eigenvalue weighted by Crippen LogP contribution is 2.33. The molecule has 11 heavy (non-hydrogen) atoms. The highest BCUT2D eigenvalue weighted by molar-refractivity contribution is 6.20. The first-order chi connectivity index (χ1) is 5.38. The summed E-state index contributed by atoms with van der Waals surface area (Å²) in [7, 11) is 0. The lowest BCUT2D eigenvalue weighted by Crippen LogP contribution is -2.48. The minimum Gasteiger partial charge on any atom is -0.314 e. The van der Waals surface area contributed by atoms with Crippen LogP contribution < -0.4 is 5.32 Å². The smallest absolute Gasteiger partial charge is 0.0391 e. The molecule has 1 N–H and O–H groups in total. The van der Waals surface area contributed by atoms with Crippen LogP contribution in [0, 0.1) is 5.92 Å². The van der Waals surface area contributed by atoms with Crippen LogP contribution in [0.2, 0.25) is 0 Å². The third-order valence-electron chi connectivity index (χ3n) is 3.11. The Morgan fingerprint density at radius 1 is 1.09 bits per heavy atom. The van der Waals surface area contributed by atoms with Gasteiger partial charge in [0.15, 0.2) is 0 Å². The number of piperidine rings is 1. The quantitative estimate of drug-likeness (QED) is 0.554. The van der Waals surface area contributed by atoms with Gasteiger partial charge in [0.2, 0.25) is 0 Å². The zero-order chi connectivity index (χ0) is 7.68. The van der Waals surface area contributed by atoms with Gasteiger partial charge in [-0.1, -0.05) is 12.8 Å². The highest BCUT2D eigenvalue weighted by atomic mass is 35.5. The second kappa shape index (κ2) is 3.32. The van der Waals surface area contributed by atoms with E-state index in [4.69, 9.17) is 11.6 Å². The van der Waals surface area contributed by atoms with Crippen LogP contribution in [-0.4, -0.2) is 18.0 Å². The average molecular weight is 174 g/mol. The lowest BCUT2D eigenvalue weighted by Gasteiger charge is -2.39. The van der Waals surface area contributed by atoms with Crippen molar-refractivity contribution in [1.29, 1.82) is 0 Å². The van der Waals surface area contributed by atoms with Gasteiger partial charge < -0.3 is 5.32 Å². The van der Waals surface area contributed by atoms with Gasteiger partial charge in [0.25, 0.3) is 0 Å². The van der Waals surface area contributed by atoms with Crippen LogP contribution in [0.1, 0.15) is 32.1 Å². The lowest BCUT2D eigenvalue weighted by atomic mass is 9.79. The summed E-state index contributed by atoms with van der Waals surface area (Å²) in [4.78, 5) is 0. The molecule has 3 atom stereocenters. The van der Waals surface area contributed by atoms with E-state index in [0.717, 1.165) is 18.5 Å². The maximum absolute atomic E-state index is 6.25. The Morgan fingerprint density at radius 3 is 2.73 bits per heavy atom. The van der Waals surface area contributed by atoms with Crippen LogP contribution >= 0.6 is 11.6 Å². The van der Waals surface area contributed by atoms with Gasteiger partial charge in [-0.3, -0.25) is 0 Å². The van der Waals surface area contributed by atoms with E-state index in [9.17, 15) is 0 Å². The van der Waals surface area contributed by atoms with E-state index in [1.807, 2.05) is 0 Å². The Labute approximate surface area is 73.5 Å². The van der Waals surface area contributed by atoms with Crippen LogP contribution in [0.15, 0.2) is 0 Å². The zero-order valence-corrected chi connectivity index (χ0v) is 7.61. The van der Waals surface area contributed by atoms with Crippen molar-refractivity contribution in [3.05, 3.63) is 0 Å². The van der Waals surface area contributed by atoms with E-state index in [-0.39, 0.29) is 0 Å². The van der Waals surface area contributed by atoms with E-state index >= 15 is 0 Å². The Hall–Kier alpha value is 0.250. The molecular formula is C9H16ClN. The summed E-state index contributed by atoms with van der Waals surface area (Å²) in [5, 5.41) is 4.03. The van der Waals surface area contributed by atoms with Crippen molar-refractivity contribution in [3.8, 4) is 0 Å². The maximum Gasteiger partial charge on any atom is 0.0391 e. The van der Waals surface area contributed by atoms with E-state index in [1.165, 1.54) is 32.1 Å². The largest absolute Gasteiger partial charge is 0.314 e. The second-order valence-electron chi connectivity index (χ2n) is 3.81. The summed E-state index contributed by atoms with van der Waals surface area (Å²) in [6.07, 6.45) is 6.67. The minimum atomic E-state index is 0.460. The number of halogens is 1. The number of hydrogen-bond donors (Lipinski definition) is 1. The predicted molar refractivity (Wildman–Crippen MR) is 48.0 cm³/mol. The molecule has 0 radical (unpaired) electrons. The lowest BCUT2D eigenvalue weighted by molar-refractivity contribution is 0.216. The Bertz CT molecular complexity index is 136. The molecular weight excluding hydrogens is 158 g/mol. The van der Waals surface area contributed by atoms with Crippen molar-refractivity contribution in [3.63, 3.8) is 0 Å². The molecule has 1 heterocycles. The van der Waals surface area contributed by atoms with E-state index in [1.54, 1.807) is 0 Å². The fraction of sp³-hybridized carbons (Fsp3) is 1.00. The summed E-state index contributed by atoms with van der Waals surface area (Å²) < 4.78 is 0. The number of fused-ring (bicyclic) bond motifs is 1. The molecule has 0 aromatic carbocycles. The first-order valence-corrected chi connectivity index (χ1v) is 5.19. The molecule has 64 valence electrons. The van der Waals surface area contributed by atoms with Crippen molar-refractivity contribution >= 4 is 11.6 Å². The molecule has 2 fully saturated rings. The SMILES string of the molecule is Cl[C@@H]1CCN[C@@H]2CCCC[C@@H]12. The molecule has 0 unspecified atom stereocenters. The molecule has 2 aliphatic rings. The van der Waals surface area contributed by atoms with Crippen molar-refractivity contribution < 1.29 is 0 Å². The maximum atomic E-state index is 6.25. The van der Waals surface area contributed by atoms with Crippen LogP contribution in [0.4, 0.5) is 0 Å². The summed E-state index contributed by atoms with van der Waals surface area (Å²) in [6.45, 7) is 1.13. The first-order valence-electron chi connectivity index (χ1n) is 4.75. The molecule has 2 rings (SSSR count). The van der Waals surface area contributed by atoms with Crippen LogP contribution in [0.25, 0.3) is 0 Å². The number of nitrogens with one attached hydrogen (secondary N) is 1. The molecule has 1 saturated carbocycles. The van der Waals surface area contributed by atoms with Gasteiger partial charge in [-0.25, -0.2) is 0 Å². The van der Waals surface area contributed by atoms with Gasteiger partial charge in [0.1, 0.15) is 0 Å². The van der Waals surface area contributed by atoms with Crippen molar-refractivity contribution in [2.45, 2.75) is 43.5 Å². The van der Waals surface area contributed by atoms with Crippen LogP contribution in [-0.2, 0) is 0 Å². The number of hydrogen-bond acceptors (Lipinski definition) is 1. The fourth-order valence-electron chi connectivity index (χ4n) is 2.47. The number of alkyl halides is 1. The molecule has 1 aliphatic heterocycles. The average Bonchev–Trinajstić information content (AvgIpc) is 2.06. The monoisotopic (exact) mass is 173 g/mol. The van der Waals surface area contributed by atoms with Gasteiger partial charge in [0.05, 0.1) is 0 Å². The van der Waals surface area contributed by atoms with Crippen molar-refractivity contribution in [1.82, 2.24) is 5.32 Å². The predicted octanol–water partition coefficient (Wildman–Crippen LogP) is 2.15. The Kier molecular flexibility index (Phi) is 2.38. The summed E-state index contributed by atoms with van der Waals surface area (Å²) in [5.74, 6) is 0.777. The minimum absolute atomic E-state index is 0.460. The summed E-state index contributed by atoms with van der Waals surface area (Å²) >= 11 is 6.25. The van der Waals surface area contributed by atoms with Crippen molar-refractivity contribution in [2.75, 3.05) is 6.54 Å². The molecule has 0 amide bonds. The van der Waals surface area contributed by atoms with Crippen LogP contribution in [0.5, 0.6) is 0 Å². The summed E-state index contributed by atoms with van der Waals surface area (Å²) in [6, 6.07) is 0.750. The molecule has 0 aromatic rings. The number of rotatable bonds is 0. The Balaban J connectivity index is 1.99. The van der Waals surface area contributed by atoms with Gasteiger partial charge in [-0.2, -0.15) is 0 Å². The zero-order valence-electron chi connectivity index (χ0n) is 6.85. The highest BCUT2D eigenvalue weighted by Gasteiger charge is 2.33. The van der Waals surface area contributed by atoms with E-state index in [2.05, 4.69) is 5.32 Å². The fourth-order valence-corrected chi connectivity index (χ4v) is 2.88. The molecule has 1 nitrogen and oxygen atoms in total. The third-order valence-corrected chi connectivity index (χ3v) is 3.65. The molecule has 0 spiro atoms.